The van der Waals surface area contributed by atoms with Crippen LogP contribution >= 0.6 is 0 Å². The molecule has 0 amide bonds. The first-order valence-electron chi connectivity index (χ1n) is 10.8. The first-order chi connectivity index (χ1) is 14.2. The van der Waals surface area contributed by atoms with Crippen LogP contribution in [0.15, 0.2) is 30.3 Å². The molecular weight excluding hydrogens is 388 g/mol. The maximum atomic E-state index is 6.47. The zero-order valence-corrected chi connectivity index (χ0v) is 18.3. The van der Waals surface area contributed by atoms with E-state index in [2.05, 4.69) is 24.4 Å². The second kappa shape index (κ2) is 7.21. The molecule has 0 aliphatic carbocycles. The molecule has 4 heterocycles. The van der Waals surface area contributed by atoms with Crippen molar-refractivity contribution in [3.8, 4) is 0 Å². The molecule has 4 aliphatic rings. The predicted octanol–water partition coefficient (Wildman–Crippen LogP) is 2.14. The summed E-state index contributed by atoms with van der Waals surface area (Å²) in [6.07, 6.45) is -1.57. The fourth-order valence-corrected chi connectivity index (χ4v) is 4.74. The zero-order chi connectivity index (χ0) is 21.1. The first kappa shape index (κ1) is 20.8. The Hall–Kier alpha value is -1.10. The second-order valence-corrected chi connectivity index (χ2v) is 9.51. The zero-order valence-electron chi connectivity index (χ0n) is 18.3. The average Bonchev–Trinajstić information content (AvgIpc) is 3.12. The van der Waals surface area contributed by atoms with E-state index in [4.69, 9.17) is 28.5 Å². The van der Waals surface area contributed by atoms with Gasteiger partial charge >= 0.3 is 0 Å². The summed E-state index contributed by atoms with van der Waals surface area (Å²) in [5, 5.41) is 5.46. The smallest absolute Gasteiger partial charge is 0.243 e. The molecule has 5 rings (SSSR count). The van der Waals surface area contributed by atoms with Crippen LogP contribution in [0, 0.1) is 0 Å². The van der Waals surface area contributed by atoms with Gasteiger partial charge in [0, 0.05) is 19.1 Å². The van der Waals surface area contributed by atoms with E-state index in [1.165, 1.54) is 5.56 Å². The molecule has 0 aromatic heterocycles. The fraction of sp³-hybridized carbons (Fsp3) is 0.727. The van der Waals surface area contributed by atoms with Crippen molar-refractivity contribution >= 4 is 0 Å². The van der Waals surface area contributed by atoms with E-state index in [-0.39, 0.29) is 18.2 Å². The molecule has 0 bridgehead atoms. The molecule has 4 saturated heterocycles. The van der Waals surface area contributed by atoms with Gasteiger partial charge in [0.1, 0.15) is 18.3 Å². The van der Waals surface area contributed by atoms with Gasteiger partial charge in [0.2, 0.25) is 5.79 Å². The van der Waals surface area contributed by atoms with E-state index in [1.807, 2.05) is 51.0 Å². The fourth-order valence-electron chi connectivity index (χ4n) is 4.74. The summed E-state index contributed by atoms with van der Waals surface area (Å²) in [6, 6.07) is 10.5. The summed E-state index contributed by atoms with van der Waals surface area (Å²) in [5.74, 6) is -2.65. The van der Waals surface area contributed by atoms with Crippen LogP contribution in [0.3, 0.4) is 0 Å². The van der Waals surface area contributed by atoms with Crippen molar-refractivity contribution in [2.24, 2.45) is 0 Å². The van der Waals surface area contributed by atoms with E-state index >= 15 is 0 Å². The molecule has 8 nitrogen and oxygen atoms in total. The molecule has 4 aliphatic heterocycles. The summed E-state index contributed by atoms with van der Waals surface area (Å²) < 4.78 is 31.2. The Balaban J connectivity index is 1.41. The average molecular weight is 421 g/mol. The van der Waals surface area contributed by atoms with E-state index < -0.39 is 29.7 Å². The molecule has 8 heteroatoms. The van der Waals surface area contributed by atoms with Crippen LogP contribution in [0.25, 0.3) is 0 Å². The number of fused-ring (bicyclic) bond motifs is 3. The number of nitrogens with zero attached hydrogens (tertiary/aromatic N) is 1. The van der Waals surface area contributed by atoms with E-state index in [0.717, 1.165) is 6.54 Å². The van der Waals surface area contributed by atoms with Gasteiger partial charge in [-0.15, -0.1) is 0 Å². The molecule has 30 heavy (non-hydrogen) atoms. The molecule has 6 atom stereocenters. The largest absolute Gasteiger partial charge is 0.348 e. The number of benzene rings is 1. The van der Waals surface area contributed by atoms with Gasteiger partial charge in [-0.25, -0.2) is 0 Å². The first-order valence-corrected chi connectivity index (χ1v) is 10.8. The third-order valence-corrected chi connectivity index (χ3v) is 6.11. The molecule has 1 N–H and O–H groups in total. The number of hydrogen-bond acceptors (Lipinski definition) is 8. The van der Waals surface area contributed by atoms with E-state index in [1.54, 1.807) is 0 Å². The third kappa shape index (κ3) is 3.59. The van der Waals surface area contributed by atoms with Crippen molar-refractivity contribution in [1.82, 2.24) is 10.4 Å². The molecular formula is C22H32N2O6. The number of hydroxylamine groups is 2. The second-order valence-electron chi connectivity index (χ2n) is 9.51. The van der Waals surface area contributed by atoms with Gasteiger partial charge in [0.15, 0.2) is 17.8 Å². The lowest BCUT2D eigenvalue weighted by Gasteiger charge is -2.44. The Morgan fingerprint density at radius 3 is 2.57 bits per heavy atom. The van der Waals surface area contributed by atoms with Crippen LogP contribution < -0.4 is 5.32 Å². The summed E-state index contributed by atoms with van der Waals surface area (Å²) in [7, 11) is 0. The highest BCUT2D eigenvalue weighted by Crippen LogP contribution is 2.51. The third-order valence-electron chi connectivity index (χ3n) is 6.11. The van der Waals surface area contributed by atoms with Crippen molar-refractivity contribution in [3.63, 3.8) is 0 Å². The Bertz CT molecular complexity index is 774. The summed E-state index contributed by atoms with van der Waals surface area (Å²) in [5.41, 5.74) is 1.18. The lowest BCUT2D eigenvalue weighted by atomic mass is 10.0. The molecule has 166 valence electrons. The summed E-state index contributed by atoms with van der Waals surface area (Å²) >= 11 is 0. The highest BCUT2D eigenvalue weighted by molar-refractivity contribution is 5.14. The van der Waals surface area contributed by atoms with Gasteiger partial charge in [0.25, 0.3) is 0 Å². The van der Waals surface area contributed by atoms with Crippen LogP contribution in [0.1, 0.15) is 40.2 Å². The van der Waals surface area contributed by atoms with Crippen molar-refractivity contribution in [2.45, 2.75) is 89.1 Å². The molecule has 1 aromatic carbocycles. The monoisotopic (exact) mass is 420 g/mol. The Morgan fingerprint density at radius 1 is 1.03 bits per heavy atom. The summed E-state index contributed by atoms with van der Waals surface area (Å²) in [6.45, 7) is 11.5. The van der Waals surface area contributed by atoms with Crippen molar-refractivity contribution in [2.75, 3.05) is 13.2 Å². The highest BCUT2D eigenvalue weighted by Gasteiger charge is 2.71. The molecule has 0 saturated carbocycles. The lowest BCUT2D eigenvalue weighted by Crippen LogP contribution is -2.65. The minimum Gasteiger partial charge on any atom is -0.348 e. The quantitative estimate of drug-likeness (QED) is 0.798. The standard InChI is InChI=1S/C22H32N2O6/c1-14-11-23-19(29-24(14)12-15-9-7-6-8-10-15)22-18(28-21(4,5)30-22)17-16(26-22)13-25-20(2,3)27-17/h6-10,14,16-19,23H,11-13H2,1-5H3/t14-,16-,17+,18-,19+,22+/m0/s1. The number of nitrogens with one attached hydrogen (secondary N) is 1. The Labute approximate surface area is 177 Å². The molecule has 1 aromatic rings. The van der Waals surface area contributed by atoms with Gasteiger partial charge in [-0.1, -0.05) is 30.3 Å². The van der Waals surface area contributed by atoms with Crippen LogP contribution in [0.5, 0.6) is 0 Å². The summed E-state index contributed by atoms with van der Waals surface area (Å²) in [4.78, 5) is 6.44. The van der Waals surface area contributed by atoms with Crippen LogP contribution in [0.4, 0.5) is 0 Å². The van der Waals surface area contributed by atoms with Gasteiger partial charge in [-0.3, -0.25) is 10.2 Å². The predicted molar refractivity (Wildman–Crippen MR) is 107 cm³/mol. The van der Waals surface area contributed by atoms with Gasteiger partial charge in [-0.05, 0) is 40.2 Å². The van der Waals surface area contributed by atoms with Crippen molar-refractivity contribution < 1.29 is 28.5 Å². The number of rotatable bonds is 3. The Kier molecular flexibility index (Phi) is 5.00. The SMILES string of the molecule is C[C@H]1CN[C@@H]([C@@]23O[C@H]4COC(C)(C)O[C@H]4[C@@H]2OC(C)(C)O3)ON1Cc1ccccc1. The minimum atomic E-state index is -1.13. The Morgan fingerprint density at radius 2 is 1.80 bits per heavy atom. The number of ether oxygens (including phenoxy) is 5. The van der Waals surface area contributed by atoms with Crippen LogP contribution in [0.2, 0.25) is 0 Å². The molecule has 0 radical (unpaired) electrons. The molecule has 0 unspecified atom stereocenters. The topological polar surface area (TPSA) is 70.7 Å². The normalized spacial score (nSPS) is 42.6. The van der Waals surface area contributed by atoms with Crippen molar-refractivity contribution in [1.29, 1.82) is 0 Å². The highest BCUT2D eigenvalue weighted by atomic mass is 16.9. The van der Waals surface area contributed by atoms with E-state index in [0.29, 0.717) is 13.2 Å². The van der Waals surface area contributed by atoms with Gasteiger partial charge < -0.3 is 23.7 Å². The minimum absolute atomic E-state index is 0.189. The van der Waals surface area contributed by atoms with Crippen LogP contribution in [-0.2, 0) is 35.1 Å². The van der Waals surface area contributed by atoms with E-state index in [9.17, 15) is 0 Å². The van der Waals surface area contributed by atoms with Crippen molar-refractivity contribution in [3.05, 3.63) is 35.9 Å². The lowest BCUT2D eigenvalue weighted by molar-refractivity contribution is -0.373. The van der Waals surface area contributed by atoms with Gasteiger partial charge in [0.05, 0.1) is 6.61 Å². The van der Waals surface area contributed by atoms with Crippen LogP contribution in [-0.4, -0.2) is 66.2 Å². The maximum absolute atomic E-state index is 6.47. The van der Waals surface area contributed by atoms with Gasteiger partial charge in [-0.2, -0.15) is 5.06 Å². The number of hydrogen-bond donors (Lipinski definition) is 1. The molecule has 4 fully saturated rings. The molecule has 0 spiro atoms. The maximum Gasteiger partial charge on any atom is 0.243 e.